The van der Waals surface area contributed by atoms with Crippen LogP contribution >= 0.6 is 0 Å². The van der Waals surface area contributed by atoms with Crippen molar-refractivity contribution in [2.45, 2.75) is 25.9 Å². The van der Waals surface area contributed by atoms with Crippen LogP contribution in [0.3, 0.4) is 0 Å². The van der Waals surface area contributed by atoms with Crippen molar-refractivity contribution in [1.29, 1.82) is 0 Å². The Morgan fingerprint density at radius 2 is 1.89 bits per heavy atom. The molecule has 0 amide bonds. The van der Waals surface area contributed by atoms with E-state index in [0.29, 0.717) is 0 Å². The Hall–Kier alpha value is -1.39. The van der Waals surface area contributed by atoms with E-state index >= 15 is 0 Å². The fourth-order valence-corrected chi connectivity index (χ4v) is 2.20. The summed E-state index contributed by atoms with van der Waals surface area (Å²) in [5, 5.41) is 0. The Morgan fingerprint density at radius 1 is 1.22 bits per heavy atom. The zero-order chi connectivity index (χ0) is 13.2. The van der Waals surface area contributed by atoms with Gasteiger partial charge >= 0.3 is 6.18 Å². The highest BCUT2D eigenvalue weighted by molar-refractivity contribution is 5.56. The SMILES string of the molecule is Cc1cc(OCC(F)(F)F)ccc1N1CCCC1. The molecular formula is C13H16F3NO. The molecule has 0 aliphatic carbocycles. The number of aryl methyl sites for hydroxylation is 1. The number of nitrogens with zero attached hydrogens (tertiary/aromatic N) is 1. The number of ether oxygens (including phenoxy) is 1. The molecule has 0 radical (unpaired) electrons. The summed E-state index contributed by atoms with van der Waals surface area (Å²) in [7, 11) is 0. The standard InChI is InChI=1S/C13H16F3NO/c1-10-8-11(18-9-13(14,15)16)4-5-12(10)17-6-2-3-7-17/h4-5,8H,2-3,6-7,9H2,1H3. The summed E-state index contributed by atoms with van der Waals surface area (Å²) in [5.74, 6) is 0.271. The van der Waals surface area contributed by atoms with E-state index in [4.69, 9.17) is 4.74 Å². The lowest BCUT2D eigenvalue weighted by Gasteiger charge is -2.20. The highest BCUT2D eigenvalue weighted by atomic mass is 19.4. The minimum atomic E-state index is -4.29. The Kier molecular flexibility index (Phi) is 3.68. The molecule has 1 fully saturated rings. The van der Waals surface area contributed by atoms with E-state index in [2.05, 4.69) is 4.90 Å². The highest BCUT2D eigenvalue weighted by Gasteiger charge is 2.28. The van der Waals surface area contributed by atoms with Crippen molar-refractivity contribution < 1.29 is 17.9 Å². The second-order valence-corrected chi connectivity index (χ2v) is 4.55. The van der Waals surface area contributed by atoms with E-state index in [1.54, 1.807) is 12.1 Å². The number of halogens is 3. The molecule has 0 aromatic heterocycles. The Balaban J connectivity index is 2.05. The molecule has 0 N–H and O–H groups in total. The molecule has 1 heterocycles. The monoisotopic (exact) mass is 259 g/mol. The summed E-state index contributed by atoms with van der Waals surface area (Å²) < 4.78 is 40.8. The first kappa shape index (κ1) is 13.1. The third-order valence-corrected chi connectivity index (χ3v) is 3.02. The molecule has 0 spiro atoms. The van der Waals surface area contributed by atoms with Crippen LogP contribution in [0.5, 0.6) is 5.75 Å². The van der Waals surface area contributed by atoms with Gasteiger partial charge in [-0.15, -0.1) is 0 Å². The third-order valence-electron chi connectivity index (χ3n) is 3.02. The van der Waals surface area contributed by atoms with Gasteiger partial charge in [-0.05, 0) is 43.5 Å². The van der Waals surface area contributed by atoms with E-state index in [9.17, 15) is 13.2 Å². The zero-order valence-corrected chi connectivity index (χ0v) is 10.3. The maximum Gasteiger partial charge on any atom is 0.422 e. The van der Waals surface area contributed by atoms with Gasteiger partial charge in [0.15, 0.2) is 6.61 Å². The van der Waals surface area contributed by atoms with Gasteiger partial charge in [0.25, 0.3) is 0 Å². The number of benzene rings is 1. The quantitative estimate of drug-likeness (QED) is 0.823. The van der Waals surface area contributed by atoms with Crippen LogP contribution in [0.1, 0.15) is 18.4 Å². The van der Waals surface area contributed by atoms with Crippen LogP contribution in [-0.2, 0) is 0 Å². The average Bonchev–Trinajstić information content (AvgIpc) is 2.79. The van der Waals surface area contributed by atoms with Gasteiger partial charge < -0.3 is 9.64 Å². The Labute approximate surface area is 104 Å². The van der Waals surface area contributed by atoms with Crippen LogP contribution < -0.4 is 9.64 Å². The van der Waals surface area contributed by atoms with Crippen molar-refractivity contribution in [1.82, 2.24) is 0 Å². The van der Waals surface area contributed by atoms with E-state index in [-0.39, 0.29) is 5.75 Å². The molecule has 1 aliphatic heterocycles. The highest BCUT2D eigenvalue weighted by Crippen LogP contribution is 2.28. The minimum Gasteiger partial charge on any atom is -0.484 e. The maximum atomic E-state index is 12.0. The smallest absolute Gasteiger partial charge is 0.422 e. The topological polar surface area (TPSA) is 12.5 Å². The van der Waals surface area contributed by atoms with Crippen molar-refractivity contribution in [3.05, 3.63) is 23.8 Å². The summed E-state index contributed by atoms with van der Waals surface area (Å²) in [6.45, 7) is 2.69. The third kappa shape index (κ3) is 3.31. The second-order valence-electron chi connectivity index (χ2n) is 4.55. The van der Waals surface area contributed by atoms with E-state index in [1.807, 2.05) is 13.0 Å². The van der Waals surface area contributed by atoms with E-state index in [0.717, 1.165) is 24.3 Å². The first-order valence-electron chi connectivity index (χ1n) is 6.01. The number of rotatable bonds is 3. The molecule has 100 valence electrons. The average molecular weight is 259 g/mol. The first-order chi connectivity index (χ1) is 8.46. The summed E-state index contributed by atoms with van der Waals surface area (Å²) in [4.78, 5) is 2.25. The van der Waals surface area contributed by atoms with Crippen molar-refractivity contribution in [3.63, 3.8) is 0 Å². The predicted octanol–water partition coefficient (Wildman–Crippen LogP) is 3.54. The molecule has 0 atom stereocenters. The summed E-state index contributed by atoms with van der Waals surface area (Å²) >= 11 is 0. The first-order valence-corrected chi connectivity index (χ1v) is 6.01. The molecule has 0 saturated carbocycles. The van der Waals surface area contributed by atoms with Crippen LogP contribution in [0.15, 0.2) is 18.2 Å². The summed E-state index contributed by atoms with van der Waals surface area (Å²) in [6, 6.07) is 5.11. The molecule has 1 aromatic carbocycles. The van der Waals surface area contributed by atoms with Gasteiger partial charge in [0.1, 0.15) is 5.75 Å². The van der Waals surface area contributed by atoms with Crippen molar-refractivity contribution >= 4 is 5.69 Å². The van der Waals surface area contributed by atoms with Gasteiger partial charge in [-0.25, -0.2) is 0 Å². The van der Waals surface area contributed by atoms with Crippen molar-refractivity contribution in [2.75, 3.05) is 24.6 Å². The lowest BCUT2D eigenvalue weighted by atomic mass is 10.1. The fraction of sp³-hybridized carbons (Fsp3) is 0.538. The molecule has 0 unspecified atom stereocenters. The van der Waals surface area contributed by atoms with Crippen LogP contribution in [0.2, 0.25) is 0 Å². The van der Waals surface area contributed by atoms with Gasteiger partial charge in [0.2, 0.25) is 0 Å². The molecule has 1 saturated heterocycles. The molecule has 2 rings (SSSR count). The molecule has 1 aliphatic rings. The van der Waals surface area contributed by atoms with Crippen LogP contribution in [0, 0.1) is 6.92 Å². The predicted molar refractivity (Wildman–Crippen MR) is 64.2 cm³/mol. The molecule has 1 aromatic rings. The Morgan fingerprint density at radius 3 is 2.44 bits per heavy atom. The normalized spacial score (nSPS) is 16.1. The van der Waals surface area contributed by atoms with Gasteiger partial charge in [0.05, 0.1) is 0 Å². The van der Waals surface area contributed by atoms with Crippen LogP contribution in [0.4, 0.5) is 18.9 Å². The molecule has 18 heavy (non-hydrogen) atoms. The van der Waals surface area contributed by atoms with Gasteiger partial charge in [-0.2, -0.15) is 13.2 Å². The number of anilines is 1. The number of alkyl halides is 3. The maximum absolute atomic E-state index is 12.0. The van der Waals surface area contributed by atoms with Crippen LogP contribution in [0.25, 0.3) is 0 Å². The lowest BCUT2D eigenvalue weighted by Crippen LogP contribution is -2.20. The van der Waals surface area contributed by atoms with Gasteiger partial charge in [-0.1, -0.05) is 0 Å². The van der Waals surface area contributed by atoms with Gasteiger partial charge in [0, 0.05) is 18.8 Å². The second kappa shape index (κ2) is 5.08. The lowest BCUT2D eigenvalue weighted by molar-refractivity contribution is -0.153. The van der Waals surface area contributed by atoms with Gasteiger partial charge in [-0.3, -0.25) is 0 Å². The summed E-state index contributed by atoms with van der Waals surface area (Å²) in [6.07, 6.45) is -1.95. The number of hydrogen-bond donors (Lipinski definition) is 0. The zero-order valence-electron chi connectivity index (χ0n) is 10.3. The fourth-order valence-electron chi connectivity index (χ4n) is 2.20. The van der Waals surface area contributed by atoms with E-state index < -0.39 is 12.8 Å². The van der Waals surface area contributed by atoms with Crippen LogP contribution in [-0.4, -0.2) is 25.9 Å². The van der Waals surface area contributed by atoms with E-state index in [1.165, 1.54) is 12.8 Å². The van der Waals surface area contributed by atoms with Crippen molar-refractivity contribution in [2.24, 2.45) is 0 Å². The molecular weight excluding hydrogens is 243 g/mol. The van der Waals surface area contributed by atoms with Crippen molar-refractivity contribution in [3.8, 4) is 5.75 Å². The molecule has 0 bridgehead atoms. The summed E-state index contributed by atoms with van der Waals surface area (Å²) in [5.41, 5.74) is 2.04. The minimum absolute atomic E-state index is 0.271. The molecule has 5 heteroatoms. The Bertz CT molecular complexity index is 411. The molecule has 2 nitrogen and oxygen atoms in total. The number of hydrogen-bond acceptors (Lipinski definition) is 2. The largest absolute Gasteiger partial charge is 0.484 e.